The fraction of sp³-hybridized carbons (Fsp3) is 0.841. The summed E-state index contributed by atoms with van der Waals surface area (Å²) in [5, 5.41) is 31.2. The van der Waals surface area contributed by atoms with Gasteiger partial charge < -0.3 is 44.2 Å². The monoisotopic (exact) mass is 778 g/mol. The molecule has 10 rings (SSSR count). The third kappa shape index (κ3) is 4.95. The van der Waals surface area contributed by atoms with Gasteiger partial charge in [-0.15, -0.1) is 0 Å². The van der Waals surface area contributed by atoms with Crippen molar-refractivity contribution in [2.75, 3.05) is 19.8 Å². The van der Waals surface area contributed by atoms with Crippen molar-refractivity contribution >= 4 is 17.7 Å². The Morgan fingerprint density at radius 3 is 2.54 bits per heavy atom. The number of ether oxygens (including phenoxy) is 4. The van der Waals surface area contributed by atoms with Crippen LogP contribution in [0.4, 0.5) is 0 Å². The molecule has 6 heterocycles. The van der Waals surface area contributed by atoms with E-state index in [-0.39, 0.29) is 36.6 Å². The van der Waals surface area contributed by atoms with Gasteiger partial charge in [0.15, 0.2) is 11.9 Å². The summed E-state index contributed by atoms with van der Waals surface area (Å²) in [6.45, 7) is 12.2. The molecule has 12 heteroatoms. The maximum absolute atomic E-state index is 15.0. The van der Waals surface area contributed by atoms with E-state index in [2.05, 4.69) is 31.4 Å². The lowest BCUT2D eigenvalue weighted by atomic mass is 9.36. The average Bonchev–Trinajstić information content (AvgIpc) is 3.41. The number of aliphatic hydroxyl groups is 2. The molecule has 0 unspecified atom stereocenters. The Kier molecular flexibility index (Phi) is 8.68. The molecule has 0 radical (unpaired) electrons. The van der Waals surface area contributed by atoms with E-state index in [1.165, 1.54) is 12.8 Å². The van der Waals surface area contributed by atoms with Crippen LogP contribution >= 0.6 is 0 Å². The molecule has 0 amide bonds. The Hall–Kier alpha value is -2.35. The Labute approximate surface area is 329 Å². The number of Topliss-reactive ketones (excluding diaryl/α,β-unsaturated/α-hetero) is 1. The van der Waals surface area contributed by atoms with E-state index in [1.54, 1.807) is 6.26 Å². The normalized spacial score (nSPS) is 51.9. The quantitative estimate of drug-likeness (QED) is 0.228. The molecule has 4 N–H and O–H groups in total. The van der Waals surface area contributed by atoms with Crippen LogP contribution in [0.2, 0.25) is 0 Å². The van der Waals surface area contributed by atoms with Crippen molar-refractivity contribution in [2.45, 2.75) is 153 Å². The molecule has 56 heavy (non-hydrogen) atoms. The van der Waals surface area contributed by atoms with Crippen molar-refractivity contribution in [2.24, 2.45) is 57.7 Å². The van der Waals surface area contributed by atoms with E-state index in [0.29, 0.717) is 61.2 Å². The van der Waals surface area contributed by atoms with Crippen LogP contribution in [-0.4, -0.2) is 89.4 Å². The highest BCUT2D eigenvalue weighted by molar-refractivity contribution is 5.92. The number of fused-ring (bicyclic) bond motifs is 2. The van der Waals surface area contributed by atoms with E-state index >= 15 is 4.79 Å². The van der Waals surface area contributed by atoms with Gasteiger partial charge in [-0.05, 0) is 106 Å². The number of ketones is 1. The fourth-order valence-corrected chi connectivity index (χ4v) is 15.1. The minimum absolute atomic E-state index is 0.0148. The summed E-state index contributed by atoms with van der Waals surface area (Å²) in [6, 6.07) is 2.41. The highest BCUT2D eigenvalue weighted by Gasteiger charge is 2.91. The Balaban J connectivity index is 0.971. The van der Waals surface area contributed by atoms with Crippen LogP contribution in [0.15, 0.2) is 16.7 Å². The number of aliphatic hydroxyl groups excluding tert-OH is 2. The third-order valence-electron chi connectivity index (χ3n) is 17.8. The maximum atomic E-state index is 15.0. The topological polar surface area (TPSA) is 169 Å². The first-order valence-corrected chi connectivity index (χ1v) is 21.8. The van der Waals surface area contributed by atoms with Crippen LogP contribution in [-0.2, 0) is 39.8 Å². The van der Waals surface area contributed by atoms with Crippen LogP contribution < -0.4 is 10.6 Å². The average molecular weight is 779 g/mol. The molecule has 5 saturated heterocycles. The number of furan rings is 1. The van der Waals surface area contributed by atoms with Crippen molar-refractivity contribution in [3.05, 3.63) is 23.7 Å². The van der Waals surface area contributed by atoms with E-state index in [0.717, 1.165) is 44.5 Å². The zero-order valence-corrected chi connectivity index (χ0v) is 33.7. The number of hydrogen-bond donors (Lipinski definition) is 4. The third-order valence-corrected chi connectivity index (χ3v) is 17.8. The van der Waals surface area contributed by atoms with Gasteiger partial charge in [-0.25, -0.2) is 4.79 Å². The van der Waals surface area contributed by atoms with Crippen molar-refractivity contribution < 1.29 is 48.0 Å². The second-order valence-corrected chi connectivity index (χ2v) is 20.7. The van der Waals surface area contributed by atoms with Crippen LogP contribution in [0.3, 0.4) is 0 Å². The van der Waals surface area contributed by atoms with Gasteiger partial charge in [-0.3, -0.25) is 9.59 Å². The minimum atomic E-state index is -1.43. The molecule has 9 aliphatic rings. The lowest BCUT2D eigenvalue weighted by Gasteiger charge is -2.66. The van der Waals surface area contributed by atoms with E-state index < -0.39 is 69.9 Å². The van der Waals surface area contributed by atoms with Crippen molar-refractivity contribution in [1.29, 1.82) is 0 Å². The Morgan fingerprint density at radius 1 is 0.964 bits per heavy atom. The zero-order valence-electron chi connectivity index (χ0n) is 33.7. The van der Waals surface area contributed by atoms with Crippen molar-refractivity contribution in [3.8, 4) is 0 Å². The molecule has 0 bridgehead atoms. The molecule has 1 aromatic rings. The first-order valence-electron chi connectivity index (χ1n) is 21.8. The molecule has 4 saturated carbocycles. The van der Waals surface area contributed by atoms with Gasteiger partial charge >= 0.3 is 11.9 Å². The molecule has 1 aromatic heterocycles. The van der Waals surface area contributed by atoms with E-state index in [9.17, 15) is 19.8 Å². The highest BCUT2D eigenvalue weighted by Crippen LogP contribution is 2.80. The molecular weight excluding hydrogens is 716 g/mol. The molecule has 12 nitrogen and oxygen atoms in total. The highest BCUT2D eigenvalue weighted by atomic mass is 16.7. The first-order chi connectivity index (χ1) is 26.7. The molecule has 9 fully saturated rings. The SMILES string of the molecule is CC(C)CC[C@]1(C)O[C@H]2CC(=O)OC[C@]23[C@H]2CC[C@@]4(C)[C@H](c5ccoc5C[C@@H]5C[C@@H]6C[C@H]([C@H]7CNCN7)CC[C@@H]6C[C@H]5O)OC(=O)[C@H]5O[C@]54[C@]2(C)[C@H](O)C(=O)[C@@H]31. The number of epoxide rings is 1. The number of cyclic esters (lactones) is 2. The number of rotatable bonds is 7. The Morgan fingerprint density at radius 2 is 1.77 bits per heavy atom. The molecule has 17 atom stereocenters. The fourth-order valence-electron chi connectivity index (χ4n) is 15.1. The van der Waals surface area contributed by atoms with E-state index in [1.807, 2.05) is 19.9 Å². The number of hydrogen-bond acceptors (Lipinski definition) is 12. The molecule has 0 aromatic carbocycles. The molecular formula is C44H62N2O10. The summed E-state index contributed by atoms with van der Waals surface area (Å²) in [5.41, 5.74) is -4.21. The number of carbonyl (C=O) groups excluding carboxylic acids is 3. The van der Waals surface area contributed by atoms with Crippen LogP contribution in [0.1, 0.15) is 116 Å². The number of nitrogens with one attached hydrogen (secondary N) is 2. The lowest BCUT2D eigenvalue weighted by molar-refractivity contribution is -0.252. The molecule has 5 aliphatic heterocycles. The zero-order chi connectivity index (χ0) is 39.2. The summed E-state index contributed by atoms with van der Waals surface area (Å²) in [7, 11) is 0. The summed E-state index contributed by atoms with van der Waals surface area (Å²) < 4.78 is 32.1. The lowest BCUT2D eigenvalue weighted by Crippen LogP contribution is -2.76. The van der Waals surface area contributed by atoms with Gasteiger partial charge in [-0.2, -0.15) is 0 Å². The largest absolute Gasteiger partial charge is 0.469 e. The molecule has 308 valence electrons. The van der Waals surface area contributed by atoms with Crippen molar-refractivity contribution in [3.63, 3.8) is 0 Å². The van der Waals surface area contributed by atoms with Gasteiger partial charge in [0.05, 0.1) is 36.4 Å². The minimum Gasteiger partial charge on any atom is -0.469 e. The van der Waals surface area contributed by atoms with Crippen LogP contribution in [0.25, 0.3) is 0 Å². The predicted molar refractivity (Wildman–Crippen MR) is 200 cm³/mol. The summed E-state index contributed by atoms with van der Waals surface area (Å²) in [5.74, 6) is 0.681. The maximum Gasteiger partial charge on any atom is 0.339 e. The number of carbonyl (C=O) groups is 3. The smallest absolute Gasteiger partial charge is 0.339 e. The summed E-state index contributed by atoms with van der Waals surface area (Å²) in [6.07, 6.45) is 6.03. The molecule has 2 spiro atoms. The molecule has 4 aliphatic carbocycles. The van der Waals surface area contributed by atoms with Gasteiger partial charge in [-0.1, -0.05) is 27.7 Å². The number of esters is 2. The first kappa shape index (κ1) is 37.9. The standard InChI is InChI=1S/C44H62N2O10/c1-22(2)8-12-41(4)35-34(49)36(50)42(5)31(43(35)20-53-33(48)18-32(43)55-41)9-11-40(3)37(54-39(51)38-44(40,42)56-38)27-10-13-52-30(27)17-26-15-25-14-24(28-19-45-21-46-28)7-6-23(25)16-29(26)47/h10,13,22-26,28-29,31-32,35-38,45-47,50H,6-9,11-12,14-21H2,1-5H3/t23-,24-,25+,26+,28-,29-,31+,32+,35-,36-,37+,38-,40+,41+,42+,43+,44-/m1/s1. The second-order valence-electron chi connectivity index (χ2n) is 20.7. The van der Waals surface area contributed by atoms with Gasteiger partial charge in [0.1, 0.15) is 30.2 Å². The summed E-state index contributed by atoms with van der Waals surface area (Å²) >= 11 is 0. The Bertz CT molecular complexity index is 1780. The second kappa shape index (κ2) is 12.8. The van der Waals surface area contributed by atoms with Gasteiger partial charge in [0.25, 0.3) is 0 Å². The van der Waals surface area contributed by atoms with Crippen LogP contribution in [0, 0.1) is 57.7 Å². The van der Waals surface area contributed by atoms with Crippen molar-refractivity contribution in [1.82, 2.24) is 10.6 Å². The van der Waals surface area contributed by atoms with Crippen LogP contribution in [0.5, 0.6) is 0 Å². The predicted octanol–water partition coefficient (Wildman–Crippen LogP) is 4.39. The van der Waals surface area contributed by atoms with Gasteiger partial charge in [0.2, 0.25) is 0 Å². The summed E-state index contributed by atoms with van der Waals surface area (Å²) in [4.78, 5) is 42.0. The van der Waals surface area contributed by atoms with Gasteiger partial charge in [0, 0.05) is 47.5 Å². The van der Waals surface area contributed by atoms with E-state index in [4.69, 9.17) is 23.4 Å².